The average molecular weight is 494 g/mol. The van der Waals surface area contributed by atoms with Crippen molar-refractivity contribution in [1.82, 2.24) is 0 Å². The molecule has 2 aliphatic heterocycles. The molecule has 1 atom stereocenters. The van der Waals surface area contributed by atoms with Gasteiger partial charge in [-0.3, -0.25) is 0 Å². The molecule has 5 rings (SSSR count). The first-order valence-corrected chi connectivity index (χ1v) is 14.0. The van der Waals surface area contributed by atoms with Crippen LogP contribution in [-0.2, 0) is 10.8 Å². The van der Waals surface area contributed by atoms with Crippen molar-refractivity contribution >= 4 is 17.1 Å². The van der Waals surface area contributed by atoms with E-state index in [0.29, 0.717) is 6.04 Å². The van der Waals surface area contributed by atoms with Crippen molar-refractivity contribution < 1.29 is 4.58 Å². The molecule has 0 radical (unpaired) electrons. The summed E-state index contributed by atoms with van der Waals surface area (Å²) in [5.41, 5.74) is 11.5. The second kappa shape index (κ2) is 8.86. The SMILES string of the molecule is Cc1ccc2c(c1)C(C)(C)C(=CC=CC1=[N+](C)c3ccccc3C1(C)C)N2C1CC=C(C(C)(C)C)CC1. The van der Waals surface area contributed by atoms with Gasteiger partial charge in [-0.2, -0.15) is 4.58 Å². The smallest absolute Gasteiger partial charge is 0.209 e. The Bertz CT molecular complexity index is 1350. The Morgan fingerprint density at radius 1 is 0.973 bits per heavy atom. The molecular formula is C35H45N2+. The Kier molecular flexibility index (Phi) is 6.17. The Labute approximate surface area is 225 Å². The van der Waals surface area contributed by atoms with E-state index in [1.54, 1.807) is 5.57 Å². The molecule has 194 valence electrons. The standard InChI is InChI=1S/C35H45N2/c1-24-17-22-30-28(23-24)35(7,8)32(37(30)26-20-18-25(19-21-26)33(2,3)4)16-12-15-31-34(5,6)27-13-10-11-14-29(27)36(31)9/h10-18,22-23,26H,19-21H2,1-9H3/q+1. The van der Waals surface area contributed by atoms with Gasteiger partial charge in [0.25, 0.3) is 0 Å². The number of nitrogens with zero attached hydrogens (tertiary/aromatic N) is 2. The predicted molar refractivity (Wildman–Crippen MR) is 159 cm³/mol. The minimum atomic E-state index is -0.0373. The van der Waals surface area contributed by atoms with E-state index in [1.165, 1.54) is 52.3 Å². The highest BCUT2D eigenvalue weighted by molar-refractivity contribution is 6.03. The zero-order chi connectivity index (χ0) is 26.8. The minimum Gasteiger partial charge on any atom is -0.341 e. The van der Waals surface area contributed by atoms with E-state index >= 15 is 0 Å². The summed E-state index contributed by atoms with van der Waals surface area (Å²) in [7, 11) is 2.20. The van der Waals surface area contributed by atoms with Gasteiger partial charge in [0.1, 0.15) is 7.05 Å². The van der Waals surface area contributed by atoms with Crippen LogP contribution < -0.4 is 4.90 Å². The zero-order valence-corrected chi connectivity index (χ0v) is 24.4. The number of fused-ring (bicyclic) bond motifs is 2. The number of allylic oxidation sites excluding steroid dienone is 5. The lowest BCUT2D eigenvalue weighted by Crippen LogP contribution is -2.37. The fourth-order valence-electron chi connectivity index (χ4n) is 6.88. The highest BCUT2D eigenvalue weighted by atomic mass is 15.2. The number of rotatable bonds is 3. The van der Waals surface area contributed by atoms with Gasteiger partial charge in [0.05, 0.1) is 5.41 Å². The third-order valence-corrected chi connectivity index (χ3v) is 9.15. The molecule has 3 aliphatic rings. The summed E-state index contributed by atoms with van der Waals surface area (Å²) in [6.07, 6.45) is 13.1. The molecule has 0 aromatic heterocycles. The van der Waals surface area contributed by atoms with E-state index in [9.17, 15) is 0 Å². The molecule has 0 saturated heterocycles. The summed E-state index contributed by atoms with van der Waals surface area (Å²) in [5.74, 6) is 0. The maximum Gasteiger partial charge on any atom is 0.209 e. The number of benzene rings is 2. The summed E-state index contributed by atoms with van der Waals surface area (Å²) in [5, 5.41) is 0. The number of anilines is 1. The fraction of sp³-hybridized carbons (Fsp3) is 0.457. The largest absolute Gasteiger partial charge is 0.341 e. The normalized spacial score (nSPS) is 23.6. The maximum absolute atomic E-state index is 2.68. The first-order chi connectivity index (χ1) is 17.3. The van der Waals surface area contributed by atoms with E-state index < -0.39 is 0 Å². The molecule has 0 fully saturated rings. The molecule has 2 aromatic rings. The molecule has 2 aromatic carbocycles. The van der Waals surface area contributed by atoms with Crippen molar-refractivity contribution in [2.24, 2.45) is 5.41 Å². The Morgan fingerprint density at radius 2 is 1.70 bits per heavy atom. The van der Waals surface area contributed by atoms with Crippen LogP contribution >= 0.6 is 0 Å². The second-order valence-electron chi connectivity index (χ2n) is 13.4. The summed E-state index contributed by atoms with van der Waals surface area (Å²) >= 11 is 0. The van der Waals surface area contributed by atoms with Crippen LogP contribution in [0.15, 0.2) is 78.0 Å². The van der Waals surface area contributed by atoms with Crippen LogP contribution in [0, 0.1) is 12.3 Å². The number of hydrogen-bond donors (Lipinski definition) is 0. The van der Waals surface area contributed by atoms with Gasteiger partial charge in [-0.05, 0) is 63.2 Å². The summed E-state index contributed by atoms with van der Waals surface area (Å²) in [6, 6.07) is 16.4. The van der Waals surface area contributed by atoms with Crippen LogP contribution in [0.5, 0.6) is 0 Å². The van der Waals surface area contributed by atoms with Gasteiger partial charge >= 0.3 is 0 Å². The van der Waals surface area contributed by atoms with Gasteiger partial charge in [0.2, 0.25) is 5.69 Å². The summed E-state index contributed by atoms with van der Waals surface area (Å²) in [6.45, 7) is 18.8. The van der Waals surface area contributed by atoms with Gasteiger partial charge < -0.3 is 4.90 Å². The highest BCUT2D eigenvalue weighted by Crippen LogP contribution is 2.51. The molecule has 0 bridgehead atoms. The highest BCUT2D eigenvalue weighted by Gasteiger charge is 2.44. The van der Waals surface area contributed by atoms with Crippen molar-refractivity contribution in [3.05, 3.63) is 94.7 Å². The van der Waals surface area contributed by atoms with Crippen LogP contribution in [0.3, 0.4) is 0 Å². The van der Waals surface area contributed by atoms with Crippen LogP contribution in [0.25, 0.3) is 0 Å². The van der Waals surface area contributed by atoms with Gasteiger partial charge in [-0.25, -0.2) is 0 Å². The lowest BCUT2D eigenvalue weighted by molar-refractivity contribution is -0.401. The summed E-state index contributed by atoms with van der Waals surface area (Å²) < 4.78 is 2.36. The fourth-order valence-corrected chi connectivity index (χ4v) is 6.88. The van der Waals surface area contributed by atoms with Gasteiger partial charge in [-0.15, -0.1) is 0 Å². The van der Waals surface area contributed by atoms with Crippen molar-refractivity contribution in [2.45, 2.75) is 91.5 Å². The minimum absolute atomic E-state index is 0.0111. The van der Waals surface area contributed by atoms with Crippen molar-refractivity contribution in [1.29, 1.82) is 0 Å². The maximum atomic E-state index is 2.68. The Balaban J connectivity index is 1.54. The number of aryl methyl sites for hydroxylation is 1. The third-order valence-electron chi connectivity index (χ3n) is 9.15. The second-order valence-corrected chi connectivity index (χ2v) is 13.4. The molecule has 0 saturated carbocycles. The molecule has 2 heteroatoms. The van der Waals surface area contributed by atoms with Crippen LogP contribution in [0.4, 0.5) is 11.4 Å². The lowest BCUT2D eigenvalue weighted by atomic mass is 9.78. The monoisotopic (exact) mass is 493 g/mol. The quantitative estimate of drug-likeness (QED) is 0.306. The Morgan fingerprint density at radius 3 is 2.35 bits per heavy atom. The molecule has 1 unspecified atom stereocenters. The van der Waals surface area contributed by atoms with Crippen LogP contribution in [-0.4, -0.2) is 23.4 Å². The summed E-state index contributed by atoms with van der Waals surface area (Å²) in [4.78, 5) is 2.68. The van der Waals surface area contributed by atoms with Crippen LogP contribution in [0.2, 0.25) is 0 Å². The zero-order valence-electron chi connectivity index (χ0n) is 24.4. The van der Waals surface area contributed by atoms with Gasteiger partial charge in [0, 0.05) is 40.5 Å². The third kappa shape index (κ3) is 4.23. The van der Waals surface area contributed by atoms with E-state index in [0.717, 1.165) is 6.42 Å². The topological polar surface area (TPSA) is 6.25 Å². The number of hydrogen-bond acceptors (Lipinski definition) is 1. The number of para-hydroxylation sites is 1. The van der Waals surface area contributed by atoms with Gasteiger partial charge in [0.15, 0.2) is 5.71 Å². The van der Waals surface area contributed by atoms with Crippen molar-refractivity contribution in [3.63, 3.8) is 0 Å². The molecule has 0 amide bonds. The van der Waals surface area contributed by atoms with Crippen molar-refractivity contribution in [2.75, 3.05) is 11.9 Å². The molecule has 1 aliphatic carbocycles. The lowest BCUT2D eigenvalue weighted by Gasteiger charge is -2.38. The first-order valence-electron chi connectivity index (χ1n) is 14.0. The molecule has 2 heterocycles. The molecular weight excluding hydrogens is 448 g/mol. The van der Waals surface area contributed by atoms with E-state index in [-0.39, 0.29) is 16.2 Å². The van der Waals surface area contributed by atoms with E-state index in [4.69, 9.17) is 0 Å². The molecule has 0 N–H and O–H groups in total. The molecule has 0 spiro atoms. The van der Waals surface area contributed by atoms with E-state index in [2.05, 4.69) is 139 Å². The first kappa shape index (κ1) is 25.8. The Hall–Kier alpha value is -2.87. The van der Waals surface area contributed by atoms with Crippen molar-refractivity contribution in [3.8, 4) is 0 Å². The van der Waals surface area contributed by atoms with Crippen LogP contribution in [0.1, 0.15) is 84.4 Å². The molecule has 37 heavy (non-hydrogen) atoms. The predicted octanol–water partition coefficient (Wildman–Crippen LogP) is 8.76. The van der Waals surface area contributed by atoms with E-state index in [1.807, 2.05) is 0 Å². The average Bonchev–Trinajstić information content (AvgIpc) is 3.18. The van der Waals surface area contributed by atoms with Gasteiger partial charge in [-0.1, -0.05) is 88.2 Å². The molecule has 2 nitrogen and oxygen atoms in total.